The zero-order valence-corrected chi connectivity index (χ0v) is 18.5. The van der Waals surface area contributed by atoms with Crippen molar-refractivity contribution in [1.82, 2.24) is 4.98 Å². The van der Waals surface area contributed by atoms with Crippen LogP contribution in [0.5, 0.6) is 0 Å². The number of rotatable bonds is 4. The molecule has 0 saturated heterocycles. The summed E-state index contributed by atoms with van der Waals surface area (Å²) in [6.45, 7) is 2.43. The molecule has 0 saturated carbocycles. The van der Waals surface area contributed by atoms with Crippen LogP contribution in [0.15, 0.2) is 84.9 Å². The molecule has 0 fully saturated rings. The lowest BCUT2D eigenvalue weighted by molar-refractivity contribution is 0.0986. The Hall–Kier alpha value is -3.21. The molecule has 0 bridgehead atoms. The summed E-state index contributed by atoms with van der Waals surface area (Å²) in [5.74, 6) is -0.0662. The highest BCUT2D eigenvalue weighted by molar-refractivity contribution is 7.22. The van der Waals surface area contributed by atoms with Crippen molar-refractivity contribution in [3.63, 3.8) is 0 Å². The van der Waals surface area contributed by atoms with Gasteiger partial charge in [-0.25, -0.2) is 4.98 Å². The Kier molecular flexibility index (Phi) is 5.18. The predicted molar refractivity (Wildman–Crippen MR) is 130 cm³/mol. The summed E-state index contributed by atoms with van der Waals surface area (Å²) < 4.78 is 0.976. The number of amides is 1. The average Bonchev–Trinajstić information content (AvgIpc) is 3.21. The molecule has 5 aromatic rings. The van der Waals surface area contributed by atoms with Crippen LogP contribution in [0.4, 0.5) is 5.13 Å². The Morgan fingerprint density at radius 1 is 0.968 bits per heavy atom. The van der Waals surface area contributed by atoms with Crippen molar-refractivity contribution in [1.29, 1.82) is 0 Å². The van der Waals surface area contributed by atoms with Crippen molar-refractivity contribution in [2.45, 2.75) is 13.5 Å². The van der Waals surface area contributed by atoms with Gasteiger partial charge in [0.2, 0.25) is 0 Å². The van der Waals surface area contributed by atoms with Crippen molar-refractivity contribution >= 4 is 55.0 Å². The lowest BCUT2D eigenvalue weighted by Crippen LogP contribution is -2.30. The van der Waals surface area contributed by atoms with Gasteiger partial charge in [-0.15, -0.1) is 0 Å². The van der Waals surface area contributed by atoms with Crippen LogP contribution in [-0.2, 0) is 6.54 Å². The highest BCUT2D eigenvalue weighted by atomic mass is 35.5. The zero-order valence-electron chi connectivity index (χ0n) is 16.9. The summed E-state index contributed by atoms with van der Waals surface area (Å²) in [4.78, 5) is 20.5. The number of thiazole rings is 1. The van der Waals surface area contributed by atoms with Gasteiger partial charge in [-0.2, -0.15) is 0 Å². The van der Waals surface area contributed by atoms with Crippen LogP contribution < -0.4 is 4.90 Å². The van der Waals surface area contributed by atoms with Crippen molar-refractivity contribution in [3.05, 3.63) is 107 Å². The second-order valence-electron chi connectivity index (χ2n) is 7.47. The molecule has 4 aromatic carbocycles. The van der Waals surface area contributed by atoms with Gasteiger partial charge < -0.3 is 0 Å². The maximum absolute atomic E-state index is 13.9. The minimum atomic E-state index is -0.0662. The number of fused-ring (bicyclic) bond motifs is 2. The Morgan fingerprint density at radius 3 is 2.55 bits per heavy atom. The van der Waals surface area contributed by atoms with Crippen LogP contribution in [0.3, 0.4) is 0 Å². The van der Waals surface area contributed by atoms with E-state index in [2.05, 4.69) is 0 Å². The SMILES string of the molecule is Cc1cc(Cl)cc2sc(N(Cc3ccccc3)C(=O)c3cccc4ccccc34)nc12. The molecule has 1 aromatic heterocycles. The fraction of sp³-hybridized carbons (Fsp3) is 0.0769. The monoisotopic (exact) mass is 442 g/mol. The second-order valence-corrected chi connectivity index (χ2v) is 8.92. The van der Waals surface area contributed by atoms with Crippen molar-refractivity contribution < 1.29 is 4.79 Å². The fourth-order valence-corrected chi connectivity index (χ4v) is 5.23. The number of carbonyl (C=O) groups excluding carboxylic acids is 1. The number of aryl methyl sites for hydroxylation is 1. The molecule has 31 heavy (non-hydrogen) atoms. The normalized spacial score (nSPS) is 11.2. The van der Waals surface area contributed by atoms with Crippen LogP contribution in [-0.4, -0.2) is 10.9 Å². The van der Waals surface area contributed by atoms with Crippen LogP contribution in [0.2, 0.25) is 5.02 Å². The van der Waals surface area contributed by atoms with E-state index in [1.807, 2.05) is 91.9 Å². The summed E-state index contributed by atoms with van der Waals surface area (Å²) in [6.07, 6.45) is 0. The summed E-state index contributed by atoms with van der Waals surface area (Å²) in [5, 5.41) is 3.32. The summed E-state index contributed by atoms with van der Waals surface area (Å²) in [7, 11) is 0. The number of nitrogens with zero attached hydrogens (tertiary/aromatic N) is 2. The molecule has 3 nitrogen and oxygen atoms in total. The third-order valence-corrected chi connectivity index (χ3v) is 6.56. The van der Waals surface area contributed by atoms with Crippen LogP contribution in [0.1, 0.15) is 21.5 Å². The topological polar surface area (TPSA) is 33.2 Å². The van der Waals surface area contributed by atoms with Gasteiger partial charge in [0, 0.05) is 10.6 Å². The van der Waals surface area contributed by atoms with Gasteiger partial charge in [0.15, 0.2) is 5.13 Å². The van der Waals surface area contributed by atoms with E-state index in [0.29, 0.717) is 22.3 Å². The van der Waals surface area contributed by atoms with E-state index in [4.69, 9.17) is 16.6 Å². The van der Waals surface area contributed by atoms with Gasteiger partial charge in [0.1, 0.15) is 0 Å². The van der Waals surface area contributed by atoms with Crippen LogP contribution in [0, 0.1) is 6.92 Å². The lowest BCUT2D eigenvalue weighted by Gasteiger charge is -2.21. The third kappa shape index (κ3) is 3.80. The molecule has 1 heterocycles. The minimum Gasteiger partial charge on any atom is -0.279 e. The second kappa shape index (κ2) is 8.14. The largest absolute Gasteiger partial charge is 0.279 e. The number of carbonyl (C=O) groups is 1. The first-order chi connectivity index (χ1) is 15.1. The Bertz CT molecular complexity index is 1410. The molecule has 152 valence electrons. The minimum absolute atomic E-state index is 0.0662. The molecule has 0 aliphatic heterocycles. The van der Waals surface area contributed by atoms with E-state index in [1.165, 1.54) is 11.3 Å². The zero-order chi connectivity index (χ0) is 21.4. The molecule has 5 heteroatoms. The first-order valence-electron chi connectivity index (χ1n) is 10.0. The lowest BCUT2D eigenvalue weighted by atomic mass is 10.0. The first kappa shape index (κ1) is 19.7. The van der Waals surface area contributed by atoms with Crippen molar-refractivity contribution in [2.75, 3.05) is 4.90 Å². The number of anilines is 1. The molecular formula is C26H19ClN2OS. The van der Waals surface area contributed by atoms with E-state index in [-0.39, 0.29) is 5.91 Å². The quantitative estimate of drug-likeness (QED) is 0.293. The van der Waals surface area contributed by atoms with Gasteiger partial charge >= 0.3 is 0 Å². The Balaban J connectivity index is 1.65. The summed E-state index contributed by atoms with van der Waals surface area (Å²) in [6, 6.07) is 27.6. The van der Waals surface area contributed by atoms with E-state index >= 15 is 0 Å². The number of hydrogen-bond acceptors (Lipinski definition) is 3. The highest BCUT2D eigenvalue weighted by Gasteiger charge is 2.23. The number of aromatic nitrogens is 1. The molecular weight excluding hydrogens is 424 g/mol. The molecule has 1 amide bonds. The van der Waals surface area contributed by atoms with Gasteiger partial charge in [0.25, 0.3) is 5.91 Å². The predicted octanol–water partition coefficient (Wildman–Crippen LogP) is 7.26. The number of halogens is 1. The first-order valence-corrected chi connectivity index (χ1v) is 11.2. The van der Waals surface area contributed by atoms with Crippen molar-refractivity contribution in [3.8, 4) is 0 Å². The number of benzene rings is 4. The molecule has 0 aliphatic rings. The van der Waals surface area contributed by atoms with Gasteiger partial charge in [0.05, 0.1) is 16.8 Å². The van der Waals surface area contributed by atoms with E-state index in [9.17, 15) is 4.79 Å². The smallest absolute Gasteiger partial charge is 0.261 e. The Morgan fingerprint density at radius 2 is 1.71 bits per heavy atom. The maximum atomic E-state index is 13.9. The Labute approximate surface area is 189 Å². The molecule has 0 N–H and O–H groups in total. The number of hydrogen-bond donors (Lipinski definition) is 0. The van der Waals surface area contributed by atoms with Gasteiger partial charge in [-0.3, -0.25) is 9.69 Å². The van der Waals surface area contributed by atoms with Gasteiger partial charge in [-0.05, 0) is 47.0 Å². The standard InChI is InChI=1S/C26H19ClN2OS/c1-17-14-20(27)15-23-24(17)28-26(31-23)29(16-18-8-3-2-4-9-18)25(30)22-13-7-11-19-10-5-6-12-21(19)22/h2-15H,16H2,1H3. The van der Waals surface area contributed by atoms with E-state index < -0.39 is 0 Å². The van der Waals surface area contributed by atoms with E-state index in [0.717, 1.165) is 32.1 Å². The summed E-state index contributed by atoms with van der Waals surface area (Å²) >= 11 is 7.76. The maximum Gasteiger partial charge on any atom is 0.261 e. The molecule has 0 unspecified atom stereocenters. The molecule has 0 aliphatic carbocycles. The molecule has 0 spiro atoms. The van der Waals surface area contributed by atoms with Crippen LogP contribution >= 0.6 is 22.9 Å². The van der Waals surface area contributed by atoms with Crippen molar-refractivity contribution in [2.24, 2.45) is 0 Å². The fourth-order valence-electron chi connectivity index (χ4n) is 3.81. The average molecular weight is 443 g/mol. The molecule has 5 rings (SSSR count). The molecule has 0 atom stereocenters. The highest BCUT2D eigenvalue weighted by Crippen LogP contribution is 2.35. The van der Waals surface area contributed by atoms with E-state index in [1.54, 1.807) is 4.90 Å². The third-order valence-electron chi connectivity index (χ3n) is 5.32. The summed E-state index contributed by atoms with van der Waals surface area (Å²) in [5.41, 5.74) is 3.60. The molecule has 0 radical (unpaired) electrons. The van der Waals surface area contributed by atoms with Crippen LogP contribution in [0.25, 0.3) is 21.0 Å². The van der Waals surface area contributed by atoms with Gasteiger partial charge in [-0.1, -0.05) is 89.7 Å².